The van der Waals surface area contributed by atoms with Gasteiger partial charge in [0.2, 0.25) is 0 Å². The summed E-state index contributed by atoms with van der Waals surface area (Å²) >= 11 is 0. The number of hydrogen-bond acceptors (Lipinski definition) is 4. The highest BCUT2D eigenvalue weighted by molar-refractivity contribution is 5.71. The summed E-state index contributed by atoms with van der Waals surface area (Å²) in [6.45, 7) is 4.54. The molecule has 0 aromatic rings. The lowest BCUT2D eigenvalue weighted by Crippen LogP contribution is -2.29. The second kappa shape index (κ2) is 5.19. The maximum Gasteiger partial charge on any atom is 0.320 e. The molecule has 0 unspecified atom stereocenters. The quantitative estimate of drug-likeness (QED) is 0.623. The van der Waals surface area contributed by atoms with E-state index in [2.05, 4.69) is 0 Å². The molecule has 1 aliphatic rings. The minimum atomic E-state index is -0.166. The molecule has 1 saturated heterocycles. The smallest absolute Gasteiger partial charge is 0.320 e. The number of carbonyl (C=O) groups excluding carboxylic acids is 1. The Labute approximate surface area is 78.5 Å². The molecular formula is C9H17NO3. The molecule has 0 aromatic heterocycles. The normalized spacial score (nSPS) is 23.4. The highest BCUT2D eigenvalue weighted by Gasteiger charge is 2.23. The van der Waals surface area contributed by atoms with Gasteiger partial charge >= 0.3 is 5.97 Å². The first-order chi connectivity index (χ1) is 6.26. The van der Waals surface area contributed by atoms with Crippen LogP contribution in [-0.2, 0) is 9.53 Å². The standard InChI is InChI=1S/C9H17NO3/c1-2-13-9(12)6-10-4-3-8(5-10)7-11/h8,11H,2-7H2,1H3/t8-/m1/s1. The number of aliphatic hydroxyl groups is 1. The molecule has 1 rings (SSSR count). The van der Waals surface area contributed by atoms with Crippen LogP contribution in [0.3, 0.4) is 0 Å². The Hall–Kier alpha value is -0.610. The van der Waals surface area contributed by atoms with Gasteiger partial charge in [-0.3, -0.25) is 9.69 Å². The fourth-order valence-corrected chi connectivity index (χ4v) is 1.59. The molecular weight excluding hydrogens is 170 g/mol. The first-order valence-electron chi connectivity index (χ1n) is 4.75. The third-order valence-electron chi connectivity index (χ3n) is 2.29. The van der Waals surface area contributed by atoms with E-state index in [-0.39, 0.29) is 12.6 Å². The van der Waals surface area contributed by atoms with E-state index >= 15 is 0 Å². The van der Waals surface area contributed by atoms with E-state index in [4.69, 9.17) is 9.84 Å². The van der Waals surface area contributed by atoms with Crippen LogP contribution in [0.25, 0.3) is 0 Å². The molecule has 0 bridgehead atoms. The van der Waals surface area contributed by atoms with Crippen LogP contribution in [0.2, 0.25) is 0 Å². The van der Waals surface area contributed by atoms with Crippen molar-refractivity contribution in [2.24, 2.45) is 5.92 Å². The van der Waals surface area contributed by atoms with Gasteiger partial charge in [-0.25, -0.2) is 0 Å². The molecule has 0 radical (unpaired) electrons. The highest BCUT2D eigenvalue weighted by atomic mass is 16.5. The van der Waals surface area contributed by atoms with Gasteiger partial charge in [0.25, 0.3) is 0 Å². The van der Waals surface area contributed by atoms with Crippen molar-refractivity contribution in [3.8, 4) is 0 Å². The number of rotatable bonds is 4. The van der Waals surface area contributed by atoms with Gasteiger partial charge in [0.15, 0.2) is 0 Å². The van der Waals surface area contributed by atoms with Crippen LogP contribution in [0.4, 0.5) is 0 Å². The summed E-state index contributed by atoms with van der Waals surface area (Å²) in [5.74, 6) is 0.176. The first-order valence-corrected chi connectivity index (χ1v) is 4.75. The average Bonchev–Trinajstić information content (AvgIpc) is 2.52. The van der Waals surface area contributed by atoms with E-state index < -0.39 is 0 Å². The topological polar surface area (TPSA) is 49.8 Å². The minimum Gasteiger partial charge on any atom is -0.465 e. The summed E-state index contributed by atoms with van der Waals surface area (Å²) in [5.41, 5.74) is 0. The van der Waals surface area contributed by atoms with E-state index in [1.165, 1.54) is 0 Å². The molecule has 76 valence electrons. The Morgan fingerprint density at radius 2 is 2.46 bits per heavy atom. The van der Waals surface area contributed by atoms with Crippen LogP contribution in [0.1, 0.15) is 13.3 Å². The van der Waals surface area contributed by atoms with Gasteiger partial charge in [0.05, 0.1) is 13.2 Å². The molecule has 1 N–H and O–H groups in total. The van der Waals surface area contributed by atoms with Crippen molar-refractivity contribution in [1.82, 2.24) is 4.90 Å². The number of carbonyl (C=O) groups is 1. The first kappa shape index (κ1) is 10.5. The van der Waals surface area contributed by atoms with E-state index in [1.807, 2.05) is 4.90 Å². The zero-order valence-corrected chi connectivity index (χ0v) is 8.03. The Balaban J connectivity index is 2.19. The fraction of sp³-hybridized carbons (Fsp3) is 0.889. The second-order valence-corrected chi connectivity index (χ2v) is 3.38. The highest BCUT2D eigenvalue weighted by Crippen LogP contribution is 2.14. The minimum absolute atomic E-state index is 0.166. The molecule has 1 heterocycles. The van der Waals surface area contributed by atoms with Crippen molar-refractivity contribution >= 4 is 5.97 Å². The summed E-state index contributed by atoms with van der Waals surface area (Å²) in [5, 5.41) is 8.88. The fourth-order valence-electron chi connectivity index (χ4n) is 1.59. The van der Waals surface area contributed by atoms with E-state index in [0.717, 1.165) is 19.5 Å². The van der Waals surface area contributed by atoms with Crippen LogP contribution in [0, 0.1) is 5.92 Å². The average molecular weight is 187 g/mol. The molecule has 13 heavy (non-hydrogen) atoms. The summed E-state index contributed by atoms with van der Waals surface area (Å²) in [7, 11) is 0. The SMILES string of the molecule is CCOC(=O)CN1CC[C@@H](CO)C1. The number of esters is 1. The van der Waals surface area contributed by atoms with Gasteiger partial charge in [0, 0.05) is 13.2 Å². The number of ether oxygens (including phenoxy) is 1. The Morgan fingerprint density at radius 3 is 3.00 bits per heavy atom. The Bertz CT molecular complexity index is 172. The van der Waals surface area contributed by atoms with Crippen LogP contribution >= 0.6 is 0 Å². The predicted octanol–water partition coefficient (Wildman–Crippen LogP) is -0.136. The summed E-state index contributed by atoms with van der Waals surface area (Å²) in [6.07, 6.45) is 0.982. The van der Waals surface area contributed by atoms with Crippen molar-refractivity contribution in [1.29, 1.82) is 0 Å². The lowest BCUT2D eigenvalue weighted by Gasteiger charge is -2.13. The number of nitrogens with zero attached hydrogens (tertiary/aromatic N) is 1. The van der Waals surface area contributed by atoms with Crippen LogP contribution in [0.5, 0.6) is 0 Å². The van der Waals surface area contributed by atoms with Crippen LogP contribution in [0.15, 0.2) is 0 Å². The maximum atomic E-state index is 11.1. The van der Waals surface area contributed by atoms with E-state index in [1.54, 1.807) is 6.92 Å². The largest absolute Gasteiger partial charge is 0.465 e. The van der Waals surface area contributed by atoms with Gasteiger partial charge in [-0.1, -0.05) is 0 Å². The summed E-state index contributed by atoms with van der Waals surface area (Å²) < 4.78 is 4.83. The van der Waals surface area contributed by atoms with Crippen molar-refractivity contribution < 1.29 is 14.6 Å². The number of aliphatic hydroxyl groups excluding tert-OH is 1. The molecule has 4 heteroatoms. The van der Waals surface area contributed by atoms with Gasteiger partial charge < -0.3 is 9.84 Å². The van der Waals surface area contributed by atoms with Crippen LogP contribution in [-0.4, -0.2) is 48.8 Å². The number of likely N-dealkylation sites (tertiary alicyclic amines) is 1. The lowest BCUT2D eigenvalue weighted by atomic mass is 10.1. The predicted molar refractivity (Wildman–Crippen MR) is 48.3 cm³/mol. The Morgan fingerprint density at radius 1 is 1.69 bits per heavy atom. The third-order valence-corrected chi connectivity index (χ3v) is 2.29. The summed E-state index contributed by atoms with van der Waals surface area (Å²) in [4.78, 5) is 13.1. The van der Waals surface area contributed by atoms with E-state index in [9.17, 15) is 4.79 Å². The second-order valence-electron chi connectivity index (χ2n) is 3.38. The van der Waals surface area contributed by atoms with Gasteiger partial charge in [-0.15, -0.1) is 0 Å². The molecule has 1 fully saturated rings. The van der Waals surface area contributed by atoms with Crippen molar-refractivity contribution in [3.63, 3.8) is 0 Å². The monoisotopic (exact) mass is 187 g/mol. The summed E-state index contributed by atoms with van der Waals surface area (Å²) in [6, 6.07) is 0. The molecule has 4 nitrogen and oxygen atoms in total. The van der Waals surface area contributed by atoms with Crippen LogP contribution < -0.4 is 0 Å². The third kappa shape index (κ3) is 3.32. The zero-order valence-electron chi connectivity index (χ0n) is 8.03. The lowest BCUT2D eigenvalue weighted by molar-refractivity contribution is -0.144. The van der Waals surface area contributed by atoms with Crippen molar-refractivity contribution in [2.45, 2.75) is 13.3 Å². The molecule has 0 amide bonds. The van der Waals surface area contributed by atoms with E-state index in [0.29, 0.717) is 19.1 Å². The van der Waals surface area contributed by atoms with Crippen molar-refractivity contribution in [3.05, 3.63) is 0 Å². The molecule has 0 aliphatic carbocycles. The van der Waals surface area contributed by atoms with Gasteiger partial charge in [0.1, 0.15) is 0 Å². The number of hydrogen-bond donors (Lipinski definition) is 1. The maximum absolute atomic E-state index is 11.1. The zero-order chi connectivity index (χ0) is 9.68. The van der Waals surface area contributed by atoms with Gasteiger partial charge in [-0.2, -0.15) is 0 Å². The van der Waals surface area contributed by atoms with Gasteiger partial charge in [-0.05, 0) is 25.8 Å². The molecule has 0 aromatic carbocycles. The van der Waals surface area contributed by atoms with Crippen molar-refractivity contribution in [2.75, 3.05) is 32.8 Å². The Kier molecular flexibility index (Phi) is 4.18. The molecule has 1 aliphatic heterocycles. The molecule has 1 atom stereocenters. The molecule has 0 saturated carbocycles. The molecule has 0 spiro atoms.